The summed E-state index contributed by atoms with van der Waals surface area (Å²) in [6.07, 6.45) is 1.12. The summed E-state index contributed by atoms with van der Waals surface area (Å²) in [5.74, 6) is -1.24. The van der Waals surface area contributed by atoms with Gasteiger partial charge in [-0.15, -0.1) is 0 Å². The maximum Gasteiger partial charge on any atom is 0.244 e. The first-order valence-electron chi connectivity index (χ1n) is 8.00. The topological polar surface area (TPSA) is 66.5 Å². The van der Waals surface area contributed by atoms with E-state index in [-0.39, 0.29) is 18.7 Å². The second kappa shape index (κ2) is 8.51. The van der Waals surface area contributed by atoms with Crippen LogP contribution in [0.2, 0.25) is 5.02 Å². The number of nitrogens with zero attached hydrogens (tertiary/aromatic N) is 1. The fraction of sp³-hybridized carbons (Fsp3) is 0.278. The highest BCUT2D eigenvalue weighted by Gasteiger charge is 2.32. The van der Waals surface area contributed by atoms with Crippen molar-refractivity contribution >= 4 is 33.2 Å². The van der Waals surface area contributed by atoms with Crippen LogP contribution in [0.3, 0.4) is 0 Å². The first-order chi connectivity index (χ1) is 12.3. The molecule has 2 aromatic rings. The van der Waals surface area contributed by atoms with Crippen molar-refractivity contribution in [2.24, 2.45) is 0 Å². The third-order valence-electron chi connectivity index (χ3n) is 3.83. The van der Waals surface area contributed by atoms with Gasteiger partial charge >= 0.3 is 0 Å². The lowest BCUT2D eigenvalue weighted by atomic mass is 10.1. The molecule has 2 aromatic carbocycles. The molecular formula is C18H20ClFN2O3S. The van der Waals surface area contributed by atoms with Gasteiger partial charge in [-0.05, 0) is 30.2 Å². The molecule has 1 N–H and O–H groups in total. The molecule has 2 rings (SSSR count). The van der Waals surface area contributed by atoms with E-state index in [4.69, 9.17) is 11.6 Å². The Morgan fingerprint density at radius 3 is 2.38 bits per heavy atom. The van der Waals surface area contributed by atoms with Gasteiger partial charge in [-0.2, -0.15) is 0 Å². The molecule has 1 amide bonds. The number of sulfonamides is 1. The summed E-state index contributed by atoms with van der Waals surface area (Å²) in [4.78, 5) is 12.6. The van der Waals surface area contributed by atoms with E-state index in [1.54, 1.807) is 31.2 Å². The largest absolute Gasteiger partial charge is 0.350 e. The molecule has 0 bridgehead atoms. The van der Waals surface area contributed by atoms with Crippen molar-refractivity contribution < 1.29 is 17.6 Å². The van der Waals surface area contributed by atoms with Crippen molar-refractivity contribution in [3.8, 4) is 0 Å². The molecule has 8 heteroatoms. The van der Waals surface area contributed by atoms with Gasteiger partial charge in [0.1, 0.15) is 11.9 Å². The van der Waals surface area contributed by atoms with Gasteiger partial charge in [-0.1, -0.05) is 48.9 Å². The zero-order valence-electron chi connectivity index (χ0n) is 14.4. The molecule has 0 heterocycles. The van der Waals surface area contributed by atoms with Gasteiger partial charge in [-0.25, -0.2) is 12.8 Å². The van der Waals surface area contributed by atoms with Gasteiger partial charge in [0.2, 0.25) is 15.9 Å². The van der Waals surface area contributed by atoms with E-state index in [1.165, 1.54) is 18.2 Å². The maximum absolute atomic E-state index is 14.2. The van der Waals surface area contributed by atoms with Crippen LogP contribution in [0.1, 0.15) is 18.9 Å². The number of carbonyl (C=O) groups is 1. The van der Waals surface area contributed by atoms with E-state index < -0.39 is 27.8 Å². The first kappa shape index (κ1) is 20.2. The molecule has 0 spiro atoms. The molecule has 140 valence electrons. The number of para-hydroxylation sites is 1. The van der Waals surface area contributed by atoms with E-state index in [9.17, 15) is 17.6 Å². The Morgan fingerprint density at radius 1 is 1.19 bits per heavy atom. The molecule has 0 aliphatic heterocycles. The second-order valence-electron chi connectivity index (χ2n) is 5.74. The Labute approximate surface area is 157 Å². The number of amides is 1. The van der Waals surface area contributed by atoms with Crippen molar-refractivity contribution in [1.29, 1.82) is 0 Å². The lowest BCUT2D eigenvalue weighted by molar-refractivity contribution is -0.122. The highest BCUT2D eigenvalue weighted by molar-refractivity contribution is 7.92. The molecule has 0 saturated carbocycles. The number of carbonyl (C=O) groups excluding carboxylic acids is 1. The number of benzene rings is 2. The Kier molecular flexibility index (Phi) is 6.61. The molecule has 0 saturated heterocycles. The summed E-state index contributed by atoms with van der Waals surface area (Å²) in [5.41, 5.74) is 0.545. The normalized spacial score (nSPS) is 12.5. The van der Waals surface area contributed by atoms with Crippen LogP contribution in [0.4, 0.5) is 10.1 Å². The van der Waals surface area contributed by atoms with Crippen LogP contribution in [0.15, 0.2) is 48.5 Å². The summed E-state index contributed by atoms with van der Waals surface area (Å²) in [6.45, 7) is 1.81. The summed E-state index contributed by atoms with van der Waals surface area (Å²) in [7, 11) is -3.88. The molecule has 0 aliphatic rings. The lowest BCUT2D eigenvalue weighted by Gasteiger charge is -2.30. The van der Waals surface area contributed by atoms with Crippen molar-refractivity contribution in [2.45, 2.75) is 25.9 Å². The molecular weight excluding hydrogens is 379 g/mol. The Balaban J connectivity index is 2.29. The summed E-state index contributed by atoms with van der Waals surface area (Å²) in [6, 6.07) is 11.4. The zero-order chi connectivity index (χ0) is 19.3. The van der Waals surface area contributed by atoms with Crippen LogP contribution >= 0.6 is 11.6 Å². The molecule has 0 radical (unpaired) electrons. The van der Waals surface area contributed by atoms with E-state index in [0.29, 0.717) is 10.6 Å². The summed E-state index contributed by atoms with van der Waals surface area (Å²) in [5, 5.41) is 3.18. The molecule has 26 heavy (non-hydrogen) atoms. The number of rotatable bonds is 7. The van der Waals surface area contributed by atoms with E-state index >= 15 is 0 Å². The zero-order valence-corrected chi connectivity index (χ0v) is 16.0. The average Bonchev–Trinajstić information content (AvgIpc) is 2.58. The SMILES string of the molecule is CC[C@H](C(=O)NCc1ccccc1Cl)N(c1ccccc1F)S(C)(=O)=O. The standard InChI is InChI=1S/C18H20ClFN2O3S/c1-3-16(18(23)21-12-13-8-4-5-9-14(13)19)22(26(2,24)25)17-11-7-6-10-15(17)20/h4-11,16H,3,12H2,1-2H3,(H,21,23)/t16-/m1/s1. The monoisotopic (exact) mass is 398 g/mol. The third-order valence-corrected chi connectivity index (χ3v) is 5.37. The number of hydrogen-bond acceptors (Lipinski definition) is 3. The maximum atomic E-state index is 14.2. The Hall–Kier alpha value is -2.12. The smallest absolute Gasteiger partial charge is 0.244 e. The Bertz CT molecular complexity index is 890. The second-order valence-corrected chi connectivity index (χ2v) is 8.01. The fourth-order valence-corrected chi connectivity index (χ4v) is 4.02. The molecule has 0 fully saturated rings. The lowest BCUT2D eigenvalue weighted by Crippen LogP contribution is -2.49. The first-order valence-corrected chi connectivity index (χ1v) is 10.2. The van der Waals surface area contributed by atoms with Crippen molar-refractivity contribution in [3.63, 3.8) is 0 Å². The van der Waals surface area contributed by atoms with E-state index in [2.05, 4.69) is 5.32 Å². The molecule has 0 aromatic heterocycles. The number of nitrogens with one attached hydrogen (secondary N) is 1. The average molecular weight is 399 g/mol. The van der Waals surface area contributed by atoms with Crippen molar-refractivity contribution in [1.82, 2.24) is 5.32 Å². The van der Waals surface area contributed by atoms with E-state index in [1.807, 2.05) is 0 Å². The number of anilines is 1. The highest BCUT2D eigenvalue weighted by atomic mass is 35.5. The molecule has 0 aliphatic carbocycles. The summed E-state index contributed by atoms with van der Waals surface area (Å²) >= 11 is 6.07. The minimum atomic E-state index is -3.88. The van der Waals surface area contributed by atoms with Crippen molar-refractivity contribution in [3.05, 3.63) is 64.9 Å². The third kappa shape index (κ3) is 4.74. The van der Waals surface area contributed by atoms with Gasteiger partial charge in [0.25, 0.3) is 0 Å². The fourth-order valence-electron chi connectivity index (χ4n) is 2.61. The number of hydrogen-bond donors (Lipinski definition) is 1. The van der Waals surface area contributed by atoms with Crippen LogP contribution < -0.4 is 9.62 Å². The van der Waals surface area contributed by atoms with Gasteiger partial charge in [0.05, 0.1) is 11.9 Å². The van der Waals surface area contributed by atoms with Gasteiger partial charge in [0.15, 0.2) is 0 Å². The van der Waals surface area contributed by atoms with Crippen LogP contribution in [-0.4, -0.2) is 26.6 Å². The van der Waals surface area contributed by atoms with Crippen LogP contribution in [-0.2, 0) is 21.4 Å². The van der Waals surface area contributed by atoms with Gasteiger partial charge in [-0.3, -0.25) is 9.10 Å². The minimum absolute atomic E-state index is 0.143. The minimum Gasteiger partial charge on any atom is -0.350 e. The quantitative estimate of drug-likeness (QED) is 0.777. The van der Waals surface area contributed by atoms with Gasteiger partial charge < -0.3 is 5.32 Å². The molecule has 5 nitrogen and oxygen atoms in total. The predicted octanol–water partition coefficient (Wildman–Crippen LogP) is 3.34. The van der Waals surface area contributed by atoms with E-state index in [0.717, 1.165) is 16.6 Å². The molecule has 1 atom stereocenters. The summed E-state index contributed by atoms with van der Waals surface area (Å²) < 4.78 is 39.6. The van der Waals surface area contributed by atoms with Crippen LogP contribution in [0.25, 0.3) is 0 Å². The van der Waals surface area contributed by atoms with Crippen LogP contribution in [0, 0.1) is 5.82 Å². The van der Waals surface area contributed by atoms with Crippen molar-refractivity contribution in [2.75, 3.05) is 10.6 Å². The predicted molar refractivity (Wildman–Crippen MR) is 101 cm³/mol. The molecule has 0 unspecified atom stereocenters. The highest BCUT2D eigenvalue weighted by Crippen LogP contribution is 2.25. The van der Waals surface area contributed by atoms with Crippen LogP contribution in [0.5, 0.6) is 0 Å². The van der Waals surface area contributed by atoms with Gasteiger partial charge in [0, 0.05) is 11.6 Å². The number of halogens is 2. The Morgan fingerprint density at radius 2 is 1.81 bits per heavy atom.